The van der Waals surface area contributed by atoms with Crippen LogP contribution in [0.15, 0.2) is 36.4 Å². The Morgan fingerprint density at radius 1 is 1.16 bits per heavy atom. The minimum Gasteiger partial charge on any atom is -0.394 e. The number of carbonyl (C=O) groups excluding carboxylic acids is 2. The first-order valence-corrected chi connectivity index (χ1v) is 8.31. The van der Waals surface area contributed by atoms with Gasteiger partial charge < -0.3 is 10.0 Å². The standard InChI is InChI=1S/C19H19N3O3/c1-2-3-10-21-17(12-23)18(24)22(19(21)25)16-9-8-13(11-20)14-6-4-5-7-15(14)16/h4-9,17,23H,2-3,10,12H2,1H3/t17-/m0/s1. The highest BCUT2D eigenvalue weighted by Gasteiger charge is 2.45. The summed E-state index contributed by atoms with van der Waals surface area (Å²) < 4.78 is 0. The van der Waals surface area contributed by atoms with Gasteiger partial charge in [-0.05, 0) is 18.6 Å². The van der Waals surface area contributed by atoms with Gasteiger partial charge in [0.15, 0.2) is 0 Å². The highest BCUT2D eigenvalue weighted by molar-refractivity contribution is 6.24. The summed E-state index contributed by atoms with van der Waals surface area (Å²) in [6.45, 7) is 2.03. The fourth-order valence-corrected chi connectivity index (χ4v) is 3.19. The molecule has 1 atom stereocenters. The van der Waals surface area contributed by atoms with Crippen LogP contribution in [0.5, 0.6) is 0 Å². The van der Waals surface area contributed by atoms with Crippen molar-refractivity contribution in [3.63, 3.8) is 0 Å². The van der Waals surface area contributed by atoms with E-state index in [4.69, 9.17) is 0 Å². The number of hydrogen-bond donors (Lipinski definition) is 1. The van der Waals surface area contributed by atoms with Crippen LogP contribution in [0.3, 0.4) is 0 Å². The maximum atomic E-state index is 12.8. The number of hydrogen-bond acceptors (Lipinski definition) is 4. The van der Waals surface area contributed by atoms with E-state index in [0.717, 1.165) is 17.7 Å². The largest absolute Gasteiger partial charge is 0.394 e. The molecule has 1 fully saturated rings. The van der Waals surface area contributed by atoms with Crippen molar-refractivity contribution in [1.29, 1.82) is 5.26 Å². The number of nitrogens with zero attached hydrogens (tertiary/aromatic N) is 3. The van der Waals surface area contributed by atoms with E-state index < -0.39 is 24.6 Å². The van der Waals surface area contributed by atoms with Gasteiger partial charge in [0.25, 0.3) is 5.91 Å². The van der Waals surface area contributed by atoms with E-state index in [9.17, 15) is 20.0 Å². The van der Waals surface area contributed by atoms with Crippen LogP contribution in [0.1, 0.15) is 25.3 Å². The molecule has 2 aromatic rings. The number of amides is 3. The summed E-state index contributed by atoms with van der Waals surface area (Å²) in [5.41, 5.74) is 0.932. The topological polar surface area (TPSA) is 84.6 Å². The quantitative estimate of drug-likeness (QED) is 0.850. The number of aliphatic hydroxyl groups excluding tert-OH is 1. The molecule has 0 aromatic heterocycles. The van der Waals surface area contributed by atoms with Crippen molar-refractivity contribution in [3.05, 3.63) is 42.0 Å². The van der Waals surface area contributed by atoms with Gasteiger partial charge in [-0.1, -0.05) is 37.6 Å². The van der Waals surface area contributed by atoms with Crippen molar-refractivity contribution in [2.75, 3.05) is 18.1 Å². The van der Waals surface area contributed by atoms with Gasteiger partial charge in [0.1, 0.15) is 6.04 Å². The van der Waals surface area contributed by atoms with E-state index in [1.54, 1.807) is 30.3 Å². The van der Waals surface area contributed by atoms with Crippen molar-refractivity contribution >= 4 is 28.4 Å². The molecule has 0 unspecified atom stereocenters. The zero-order valence-electron chi connectivity index (χ0n) is 14.0. The number of rotatable bonds is 5. The van der Waals surface area contributed by atoms with E-state index in [1.165, 1.54) is 4.90 Å². The van der Waals surface area contributed by atoms with Gasteiger partial charge in [-0.3, -0.25) is 4.79 Å². The fourth-order valence-electron chi connectivity index (χ4n) is 3.19. The molecule has 25 heavy (non-hydrogen) atoms. The van der Waals surface area contributed by atoms with E-state index in [1.807, 2.05) is 13.0 Å². The molecule has 6 nitrogen and oxygen atoms in total. The minimum atomic E-state index is -0.853. The molecule has 2 aromatic carbocycles. The van der Waals surface area contributed by atoms with Gasteiger partial charge in [-0.15, -0.1) is 0 Å². The predicted octanol–water partition coefficient (Wildman–Crippen LogP) is 2.64. The zero-order valence-corrected chi connectivity index (χ0v) is 14.0. The molecule has 1 heterocycles. The molecule has 0 radical (unpaired) electrons. The van der Waals surface area contributed by atoms with Crippen molar-refractivity contribution in [2.45, 2.75) is 25.8 Å². The van der Waals surface area contributed by atoms with Gasteiger partial charge in [0.05, 0.1) is 23.9 Å². The van der Waals surface area contributed by atoms with Crippen molar-refractivity contribution < 1.29 is 14.7 Å². The number of imide groups is 1. The third-order valence-electron chi connectivity index (χ3n) is 4.51. The first-order chi connectivity index (χ1) is 12.1. The lowest BCUT2D eigenvalue weighted by Gasteiger charge is -2.20. The number of anilines is 1. The van der Waals surface area contributed by atoms with Crippen LogP contribution in [-0.2, 0) is 4.79 Å². The second-order valence-corrected chi connectivity index (χ2v) is 5.99. The normalized spacial score (nSPS) is 17.4. The Bertz CT molecular complexity index is 872. The van der Waals surface area contributed by atoms with Crippen LogP contribution in [0.4, 0.5) is 10.5 Å². The van der Waals surface area contributed by atoms with Crippen molar-refractivity contribution in [2.24, 2.45) is 0 Å². The summed E-state index contributed by atoms with van der Waals surface area (Å²) in [6.07, 6.45) is 1.65. The molecular formula is C19H19N3O3. The molecule has 128 valence electrons. The van der Waals surface area contributed by atoms with Gasteiger partial charge in [0.2, 0.25) is 0 Å². The number of urea groups is 1. The average Bonchev–Trinajstić information content (AvgIpc) is 2.88. The highest BCUT2D eigenvalue weighted by atomic mass is 16.3. The summed E-state index contributed by atoms with van der Waals surface area (Å²) in [7, 11) is 0. The Kier molecular flexibility index (Phi) is 4.68. The number of fused-ring (bicyclic) bond motifs is 1. The van der Waals surface area contributed by atoms with Gasteiger partial charge >= 0.3 is 6.03 Å². The fraction of sp³-hybridized carbons (Fsp3) is 0.316. The predicted molar refractivity (Wildman–Crippen MR) is 94.0 cm³/mol. The lowest BCUT2D eigenvalue weighted by Crippen LogP contribution is -2.38. The first-order valence-electron chi connectivity index (χ1n) is 8.31. The second-order valence-electron chi connectivity index (χ2n) is 5.99. The number of unbranched alkanes of at least 4 members (excludes halogenated alkanes) is 1. The molecule has 6 heteroatoms. The molecule has 0 saturated carbocycles. The Morgan fingerprint density at radius 2 is 1.88 bits per heavy atom. The number of benzene rings is 2. The molecule has 3 rings (SSSR count). The molecule has 0 spiro atoms. The molecule has 1 saturated heterocycles. The number of aliphatic hydroxyl groups is 1. The first kappa shape index (κ1) is 16.9. The molecule has 3 amide bonds. The zero-order chi connectivity index (χ0) is 18.0. The summed E-state index contributed by atoms with van der Waals surface area (Å²) in [5, 5.41) is 20.2. The summed E-state index contributed by atoms with van der Waals surface area (Å²) in [5.74, 6) is -0.432. The minimum absolute atomic E-state index is 0.404. The second kappa shape index (κ2) is 6.91. The van der Waals surface area contributed by atoms with Crippen LogP contribution < -0.4 is 4.90 Å². The lowest BCUT2D eigenvalue weighted by molar-refractivity contribution is -0.120. The molecule has 1 aliphatic heterocycles. The Labute approximate surface area is 145 Å². The van der Waals surface area contributed by atoms with E-state index >= 15 is 0 Å². The maximum Gasteiger partial charge on any atom is 0.332 e. The summed E-state index contributed by atoms with van der Waals surface area (Å²) >= 11 is 0. The van der Waals surface area contributed by atoms with Crippen LogP contribution in [-0.4, -0.2) is 41.1 Å². The van der Waals surface area contributed by atoms with Gasteiger partial charge in [-0.25, -0.2) is 9.69 Å². The average molecular weight is 337 g/mol. The third kappa shape index (κ3) is 2.73. The summed E-state index contributed by atoms with van der Waals surface area (Å²) in [6, 6.07) is 11.3. The van der Waals surface area contributed by atoms with Crippen LogP contribution >= 0.6 is 0 Å². The Morgan fingerprint density at radius 3 is 2.52 bits per heavy atom. The maximum absolute atomic E-state index is 12.8. The van der Waals surface area contributed by atoms with E-state index in [-0.39, 0.29) is 0 Å². The molecule has 1 N–H and O–H groups in total. The summed E-state index contributed by atoms with van der Waals surface area (Å²) in [4.78, 5) is 28.2. The third-order valence-corrected chi connectivity index (χ3v) is 4.51. The smallest absolute Gasteiger partial charge is 0.332 e. The Hall–Kier alpha value is -2.91. The monoisotopic (exact) mass is 337 g/mol. The number of nitriles is 1. The van der Waals surface area contributed by atoms with E-state index in [0.29, 0.717) is 28.6 Å². The van der Waals surface area contributed by atoms with Gasteiger partial charge in [0, 0.05) is 17.3 Å². The SMILES string of the molecule is CCCCN1C(=O)N(c2ccc(C#N)c3ccccc23)C(=O)[C@@H]1CO. The molecule has 0 aliphatic carbocycles. The molecule has 0 bridgehead atoms. The Balaban J connectivity index is 2.10. The van der Waals surface area contributed by atoms with Crippen LogP contribution in [0, 0.1) is 11.3 Å². The molecule has 1 aliphatic rings. The highest BCUT2D eigenvalue weighted by Crippen LogP contribution is 2.33. The molecular weight excluding hydrogens is 318 g/mol. The number of carbonyl (C=O) groups is 2. The van der Waals surface area contributed by atoms with Gasteiger partial charge in [-0.2, -0.15) is 5.26 Å². The van der Waals surface area contributed by atoms with Crippen LogP contribution in [0.25, 0.3) is 10.8 Å². The van der Waals surface area contributed by atoms with E-state index in [2.05, 4.69) is 6.07 Å². The lowest BCUT2D eigenvalue weighted by atomic mass is 10.0. The van der Waals surface area contributed by atoms with Crippen molar-refractivity contribution in [1.82, 2.24) is 4.90 Å². The van der Waals surface area contributed by atoms with Crippen LogP contribution in [0.2, 0.25) is 0 Å². The van der Waals surface area contributed by atoms with Crippen molar-refractivity contribution in [3.8, 4) is 6.07 Å².